The summed E-state index contributed by atoms with van der Waals surface area (Å²) in [6, 6.07) is 3.80. The molecule has 2 saturated heterocycles. The zero-order valence-electron chi connectivity index (χ0n) is 15.9. The summed E-state index contributed by atoms with van der Waals surface area (Å²) in [5, 5.41) is 13.3. The van der Waals surface area contributed by atoms with Crippen LogP contribution in [0.2, 0.25) is 0 Å². The van der Waals surface area contributed by atoms with Gasteiger partial charge in [0.2, 0.25) is 0 Å². The lowest BCUT2D eigenvalue weighted by molar-refractivity contribution is 0.0695. The average Bonchev–Trinajstić information content (AvgIpc) is 3.03. The second-order valence-electron chi connectivity index (χ2n) is 7.74. The Kier molecular flexibility index (Phi) is 4.49. The molecule has 2 aromatic rings. The van der Waals surface area contributed by atoms with Crippen molar-refractivity contribution in [3.8, 4) is 0 Å². The van der Waals surface area contributed by atoms with Crippen LogP contribution in [0.15, 0.2) is 12.1 Å². The number of fused-ring (bicyclic) bond motifs is 1. The predicted molar refractivity (Wildman–Crippen MR) is 102 cm³/mol. The van der Waals surface area contributed by atoms with Crippen LogP contribution in [0.4, 0.5) is 5.82 Å². The highest BCUT2D eigenvalue weighted by Crippen LogP contribution is 2.35. The largest absolute Gasteiger partial charge is 0.379 e. The predicted octanol–water partition coefficient (Wildman–Crippen LogP) is 0.0892. The first-order valence-electron chi connectivity index (χ1n) is 9.82. The second-order valence-corrected chi connectivity index (χ2v) is 9.73. The monoisotopic (exact) mass is 407 g/mol. The molecule has 4 heterocycles. The lowest BCUT2D eigenvalue weighted by atomic mass is 9.85. The lowest BCUT2D eigenvalue weighted by Gasteiger charge is -2.45. The number of hydrogen-bond acceptors (Lipinski definition) is 7. The molecule has 28 heavy (non-hydrogen) atoms. The number of aromatic nitrogens is 4. The van der Waals surface area contributed by atoms with Gasteiger partial charge in [0.15, 0.2) is 11.5 Å². The van der Waals surface area contributed by atoms with Crippen molar-refractivity contribution in [3.05, 3.63) is 18.0 Å². The van der Waals surface area contributed by atoms with E-state index in [9.17, 15) is 8.42 Å². The Labute approximate surface area is 164 Å². The van der Waals surface area contributed by atoms with Gasteiger partial charge >= 0.3 is 0 Å². The number of hydrogen-bond donors (Lipinski definition) is 0. The number of ether oxygens (including phenoxy) is 1. The molecule has 0 N–H and O–H groups in total. The molecule has 11 heteroatoms. The summed E-state index contributed by atoms with van der Waals surface area (Å²) in [5.74, 6) is 2.22. The number of nitrogens with zero attached hydrogens (tertiary/aromatic N) is 7. The molecule has 3 fully saturated rings. The van der Waals surface area contributed by atoms with Crippen molar-refractivity contribution >= 4 is 21.7 Å². The molecule has 0 radical (unpaired) electrons. The van der Waals surface area contributed by atoms with Crippen LogP contribution in [0.25, 0.3) is 5.65 Å². The van der Waals surface area contributed by atoms with E-state index in [1.807, 2.05) is 16.6 Å². The highest BCUT2D eigenvalue weighted by molar-refractivity contribution is 7.86. The van der Waals surface area contributed by atoms with Crippen molar-refractivity contribution in [2.75, 3.05) is 51.3 Å². The standard InChI is InChI=1S/C17H25N7O3S/c1-21(28(25,26)23-7-9-27-10-8-23)14-11-22(12-14)16-6-5-15-18-19-17(24(15)20-16)13-3-2-4-13/h5-6,13-14H,2-4,7-12H2,1H3. The lowest BCUT2D eigenvalue weighted by Crippen LogP contribution is -2.62. The van der Waals surface area contributed by atoms with Crippen molar-refractivity contribution < 1.29 is 13.2 Å². The Bertz CT molecular complexity index is 962. The maximum absolute atomic E-state index is 12.8. The average molecular weight is 408 g/mol. The molecule has 1 saturated carbocycles. The third kappa shape index (κ3) is 2.97. The molecule has 0 aromatic carbocycles. The first-order chi connectivity index (χ1) is 13.5. The van der Waals surface area contributed by atoms with Gasteiger partial charge < -0.3 is 9.64 Å². The summed E-state index contributed by atoms with van der Waals surface area (Å²) in [7, 11) is -1.79. The minimum absolute atomic E-state index is 0.0580. The van der Waals surface area contributed by atoms with Crippen molar-refractivity contribution in [2.45, 2.75) is 31.2 Å². The molecule has 10 nitrogen and oxygen atoms in total. The summed E-state index contributed by atoms with van der Waals surface area (Å²) in [6.45, 7) is 2.99. The Morgan fingerprint density at radius 3 is 2.57 bits per heavy atom. The molecule has 152 valence electrons. The van der Waals surface area contributed by atoms with Crippen LogP contribution in [0, 0.1) is 0 Å². The van der Waals surface area contributed by atoms with E-state index < -0.39 is 10.2 Å². The molecule has 5 rings (SSSR count). The summed E-state index contributed by atoms with van der Waals surface area (Å²) in [4.78, 5) is 2.10. The number of rotatable bonds is 5. The quantitative estimate of drug-likeness (QED) is 0.693. The minimum Gasteiger partial charge on any atom is -0.379 e. The summed E-state index contributed by atoms with van der Waals surface area (Å²) in [6.07, 6.45) is 3.52. The van der Waals surface area contributed by atoms with E-state index in [1.165, 1.54) is 15.0 Å². The van der Waals surface area contributed by atoms with Crippen LogP contribution in [-0.4, -0.2) is 89.3 Å². The van der Waals surface area contributed by atoms with Gasteiger partial charge in [-0.1, -0.05) is 6.42 Å². The van der Waals surface area contributed by atoms with Crippen LogP contribution < -0.4 is 4.90 Å². The third-order valence-corrected chi connectivity index (χ3v) is 8.15. The molecule has 0 atom stereocenters. The minimum atomic E-state index is -3.45. The Balaban J connectivity index is 1.28. The topological polar surface area (TPSA) is 96.2 Å². The number of likely N-dealkylation sites (N-methyl/N-ethyl adjacent to an activating group) is 1. The molecular formula is C17H25N7O3S. The Morgan fingerprint density at radius 2 is 1.89 bits per heavy atom. The zero-order valence-corrected chi connectivity index (χ0v) is 16.8. The number of anilines is 1. The van der Waals surface area contributed by atoms with Crippen molar-refractivity contribution in [1.29, 1.82) is 0 Å². The normalized spacial score (nSPS) is 22.6. The third-order valence-electron chi connectivity index (χ3n) is 6.10. The van der Waals surface area contributed by atoms with Crippen LogP contribution in [0.1, 0.15) is 31.0 Å². The molecule has 1 aliphatic carbocycles. The highest BCUT2D eigenvalue weighted by Gasteiger charge is 2.39. The van der Waals surface area contributed by atoms with E-state index in [-0.39, 0.29) is 6.04 Å². The fraction of sp³-hybridized carbons (Fsp3) is 0.706. The fourth-order valence-electron chi connectivity index (χ4n) is 3.91. The van der Waals surface area contributed by atoms with Gasteiger partial charge in [-0.15, -0.1) is 15.3 Å². The molecular weight excluding hydrogens is 382 g/mol. The van der Waals surface area contributed by atoms with Crippen LogP contribution in [0.5, 0.6) is 0 Å². The molecule has 2 aromatic heterocycles. The Morgan fingerprint density at radius 1 is 1.14 bits per heavy atom. The first kappa shape index (κ1) is 18.2. The second kappa shape index (κ2) is 6.90. The van der Waals surface area contributed by atoms with Gasteiger partial charge in [-0.25, -0.2) is 0 Å². The molecule has 0 unspecified atom stereocenters. The first-order valence-corrected chi connectivity index (χ1v) is 11.2. The van der Waals surface area contributed by atoms with Crippen molar-refractivity contribution in [1.82, 2.24) is 28.4 Å². The van der Waals surface area contributed by atoms with Gasteiger partial charge in [0.05, 0.1) is 19.3 Å². The van der Waals surface area contributed by atoms with E-state index in [1.54, 1.807) is 7.05 Å². The van der Waals surface area contributed by atoms with Gasteiger partial charge in [0.1, 0.15) is 5.82 Å². The summed E-state index contributed by atoms with van der Waals surface area (Å²) < 4.78 is 35.7. The summed E-state index contributed by atoms with van der Waals surface area (Å²) >= 11 is 0. The maximum Gasteiger partial charge on any atom is 0.282 e. The van der Waals surface area contributed by atoms with Gasteiger partial charge in [-0.05, 0) is 25.0 Å². The molecule has 3 aliphatic rings. The molecule has 0 spiro atoms. The maximum atomic E-state index is 12.8. The SMILES string of the molecule is CN(C1CN(c2ccc3nnc(C4CCC4)n3n2)C1)S(=O)(=O)N1CCOCC1. The molecule has 0 bridgehead atoms. The zero-order chi connectivity index (χ0) is 19.3. The van der Waals surface area contributed by atoms with E-state index in [2.05, 4.69) is 15.1 Å². The highest BCUT2D eigenvalue weighted by atomic mass is 32.2. The molecule has 2 aliphatic heterocycles. The Hall–Kier alpha value is -1.82. The van der Waals surface area contributed by atoms with E-state index in [0.29, 0.717) is 45.3 Å². The van der Waals surface area contributed by atoms with Gasteiger partial charge in [-0.3, -0.25) is 0 Å². The van der Waals surface area contributed by atoms with E-state index >= 15 is 0 Å². The van der Waals surface area contributed by atoms with Gasteiger partial charge in [0.25, 0.3) is 10.2 Å². The van der Waals surface area contributed by atoms with Crippen molar-refractivity contribution in [3.63, 3.8) is 0 Å². The van der Waals surface area contributed by atoms with Gasteiger partial charge in [-0.2, -0.15) is 21.5 Å². The smallest absolute Gasteiger partial charge is 0.282 e. The van der Waals surface area contributed by atoms with Gasteiger partial charge in [0, 0.05) is 39.1 Å². The van der Waals surface area contributed by atoms with Crippen LogP contribution in [0.3, 0.4) is 0 Å². The van der Waals surface area contributed by atoms with Crippen LogP contribution in [-0.2, 0) is 14.9 Å². The summed E-state index contributed by atoms with van der Waals surface area (Å²) in [5.41, 5.74) is 0.759. The van der Waals surface area contributed by atoms with E-state index in [0.717, 1.165) is 30.1 Å². The molecule has 0 amide bonds. The number of morpholine rings is 1. The fourth-order valence-corrected chi connectivity index (χ4v) is 5.39. The van der Waals surface area contributed by atoms with Crippen molar-refractivity contribution in [2.24, 2.45) is 0 Å². The van der Waals surface area contributed by atoms with E-state index in [4.69, 9.17) is 9.84 Å². The van der Waals surface area contributed by atoms with Crippen LogP contribution >= 0.6 is 0 Å².